The summed E-state index contributed by atoms with van der Waals surface area (Å²) >= 11 is 0. The fourth-order valence-electron chi connectivity index (χ4n) is 4.26. The number of hydrogen-bond donors (Lipinski definition) is 1. The monoisotopic (exact) mass is 267 g/mol. The average molecular weight is 267 g/mol. The lowest BCUT2D eigenvalue weighted by atomic mass is 9.81. The highest BCUT2D eigenvalue weighted by Crippen LogP contribution is 2.32. The van der Waals surface area contributed by atoms with E-state index in [-0.39, 0.29) is 0 Å². The summed E-state index contributed by atoms with van der Waals surface area (Å²) in [5.41, 5.74) is 6.35. The predicted molar refractivity (Wildman–Crippen MR) is 82.3 cm³/mol. The standard InChI is InChI=1S/C16H33N3/c1-4-8-16(2,12-17)13-19-10-7-15-14(11-19)6-5-9-18(15)3/h14-15H,4-13,17H2,1-3H3. The molecule has 112 valence electrons. The van der Waals surface area contributed by atoms with Crippen molar-refractivity contribution in [3.8, 4) is 0 Å². The van der Waals surface area contributed by atoms with Gasteiger partial charge in [-0.2, -0.15) is 0 Å². The van der Waals surface area contributed by atoms with E-state index in [1.165, 1.54) is 58.3 Å². The molecular weight excluding hydrogens is 234 g/mol. The van der Waals surface area contributed by atoms with Crippen LogP contribution in [0.3, 0.4) is 0 Å². The maximum Gasteiger partial charge on any atom is 0.0145 e. The molecule has 0 aromatic heterocycles. The second kappa shape index (κ2) is 6.55. The van der Waals surface area contributed by atoms with Gasteiger partial charge in [0.05, 0.1) is 0 Å². The van der Waals surface area contributed by atoms with Crippen LogP contribution < -0.4 is 5.73 Å². The lowest BCUT2D eigenvalue weighted by molar-refractivity contribution is 0.0213. The van der Waals surface area contributed by atoms with Crippen molar-refractivity contribution in [3.63, 3.8) is 0 Å². The Morgan fingerprint density at radius 2 is 2.05 bits per heavy atom. The molecule has 0 spiro atoms. The molecule has 0 aromatic carbocycles. The fourth-order valence-corrected chi connectivity index (χ4v) is 4.26. The number of hydrogen-bond acceptors (Lipinski definition) is 3. The van der Waals surface area contributed by atoms with Crippen LogP contribution in [0.15, 0.2) is 0 Å². The van der Waals surface area contributed by atoms with Crippen LogP contribution in [-0.4, -0.2) is 55.6 Å². The van der Waals surface area contributed by atoms with Gasteiger partial charge in [0.2, 0.25) is 0 Å². The Balaban J connectivity index is 1.90. The lowest BCUT2D eigenvalue weighted by Crippen LogP contribution is -2.54. The van der Waals surface area contributed by atoms with Gasteiger partial charge >= 0.3 is 0 Å². The third kappa shape index (κ3) is 3.71. The second-order valence-corrected chi connectivity index (χ2v) is 7.24. The summed E-state index contributed by atoms with van der Waals surface area (Å²) in [5.74, 6) is 0.899. The predicted octanol–water partition coefficient (Wildman–Crippen LogP) is 2.17. The number of likely N-dealkylation sites (tertiary alicyclic amines) is 2. The number of nitrogens with zero attached hydrogens (tertiary/aromatic N) is 2. The molecule has 2 heterocycles. The number of nitrogens with two attached hydrogens (primary N) is 1. The van der Waals surface area contributed by atoms with Crippen LogP contribution in [0, 0.1) is 11.3 Å². The molecule has 0 amide bonds. The van der Waals surface area contributed by atoms with Crippen LogP contribution in [0.4, 0.5) is 0 Å². The fraction of sp³-hybridized carbons (Fsp3) is 1.00. The van der Waals surface area contributed by atoms with Gasteiger partial charge in [0.1, 0.15) is 0 Å². The SMILES string of the molecule is CCCC(C)(CN)CN1CCC2C(CCCN2C)C1. The molecule has 0 bridgehead atoms. The van der Waals surface area contributed by atoms with Crippen LogP contribution in [0.1, 0.15) is 46.0 Å². The summed E-state index contributed by atoms with van der Waals surface area (Å²) < 4.78 is 0. The van der Waals surface area contributed by atoms with E-state index < -0.39 is 0 Å². The average Bonchev–Trinajstić information content (AvgIpc) is 2.39. The molecular formula is C16H33N3. The number of piperidine rings is 2. The van der Waals surface area contributed by atoms with Crippen molar-refractivity contribution in [2.24, 2.45) is 17.1 Å². The molecule has 2 rings (SSSR count). The molecule has 3 atom stereocenters. The molecule has 0 aromatic rings. The molecule has 3 heteroatoms. The first-order chi connectivity index (χ1) is 9.08. The lowest BCUT2D eigenvalue weighted by Gasteiger charge is -2.47. The second-order valence-electron chi connectivity index (χ2n) is 7.24. The van der Waals surface area contributed by atoms with E-state index in [9.17, 15) is 0 Å². The van der Waals surface area contributed by atoms with Crippen molar-refractivity contribution in [1.29, 1.82) is 0 Å². The van der Waals surface area contributed by atoms with Gasteiger partial charge in [-0.3, -0.25) is 0 Å². The summed E-state index contributed by atoms with van der Waals surface area (Å²) in [4.78, 5) is 5.29. The molecule has 3 nitrogen and oxygen atoms in total. The molecule has 2 N–H and O–H groups in total. The normalized spacial score (nSPS) is 32.8. The van der Waals surface area contributed by atoms with Crippen molar-refractivity contribution < 1.29 is 0 Å². The summed E-state index contributed by atoms with van der Waals surface area (Å²) in [6.07, 6.45) is 6.67. The minimum atomic E-state index is 0.322. The Hall–Kier alpha value is -0.120. The Morgan fingerprint density at radius 1 is 1.26 bits per heavy atom. The van der Waals surface area contributed by atoms with Crippen molar-refractivity contribution in [3.05, 3.63) is 0 Å². The third-order valence-electron chi connectivity index (χ3n) is 5.38. The molecule has 3 unspecified atom stereocenters. The van der Waals surface area contributed by atoms with Gasteiger partial charge in [0, 0.05) is 19.1 Å². The molecule has 2 aliphatic rings. The third-order valence-corrected chi connectivity index (χ3v) is 5.38. The summed E-state index contributed by atoms with van der Waals surface area (Å²) in [6.45, 7) is 10.5. The minimum Gasteiger partial charge on any atom is -0.330 e. The molecule has 0 saturated carbocycles. The largest absolute Gasteiger partial charge is 0.330 e. The zero-order valence-corrected chi connectivity index (χ0v) is 13.2. The Bertz CT molecular complexity index is 281. The molecule has 0 aliphatic carbocycles. The van der Waals surface area contributed by atoms with Gasteiger partial charge in [-0.15, -0.1) is 0 Å². The van der Waals surface area contributed by atoms with Crippen LogP contribution in [0.5, 0.6) is 0 Å². The maximum atomic E-state index is 6.03. The molecule has 2 fully saturated rings. The Kier molecular flexibility index (Phi) is 5.27. The van der Waals surface area contributed by atoms with E-state index in [4.69, 9.17) is 5.73 Å². The number of rotatable bonds is 5. The van der Waals surface area contributed by atoms with Crippen LogP contribution in [0.2, 0.25) is 0 Å². The van der Waals surface area contributed by atoms with E-state index in [1.54, 1.807) is 0 Å². The van der Waals surface area contributed by atoms with E-state index in [0.29, 0.717) is 5.41 Å². The molecule has 0 radical (unpaired) electrons. The summed E-state index contributed by atoms with van der Waals surface area (Å²) in [5, 5.41) is 0. The smallest absolute Gasteiger partial charge is 0.0145 e. The van der Waals surface area contributed by atoms with Crippen LogP contribution in [0.25, 0.3) is 0 Å². The van der Waals surface area contributed by atoms with Gasteiger partial charge in [0.25, 0.3) is 0 Å². The van der Waals surface area contributed by atoms with Crippen molar-refractivity contribution >= 4 is 0 Å². The van der Waals surface area contributed by atoms with Crippen molar-refractivity contribution in [2.75, 3.05) is 39.8 Å². The highest BCUT2D eigenvalue weighted by molar-refractivity contribution is 4.91. The van der Waals surface area contributed by atoms with Gasteiger partial charge in [-0.05, 0) is 63.7 Å². The van der Waals surface area contributed by atoms with Crippen molar-refractivity contribution in [1.82, 2.24) is 9.80 Å². The van der Waals surface area contributed by atoms with E-state index in [0.717, 1.165) is 18.5 Å². The van der Waals surface area contributed by atoms with E-state index in [2.05, 4.69) is 30.7 Å². The first kappa shape index (κ1) is 15.3. The minimum absolute atomic E-state index is 0.322. The highest BCUT2D eigenvalue weighted by atomic mass is 15.2. The Labute approximate surface area is 119 Å². The van der Waals surface area contributed by atoms with Gasteiger partial charge in [-0.1, -0.05) is 20.3 Å². The molecule has 2 aliphatic heterocycles. The first-order valence-electron chi connectivity index (χ1n) is 8.20. The van der Waals surface area contributed by atoms with Crippen LogP contribution in [-0.2, 0) is 0 Å². The van der Waals surface area contributed by atoms with E-state index >= 15 is 0 Å². The van der Waals surface area contributed by atoms with Gasteiger partial charge in [-0.25, -0.2) is 0 Å². The maximum absolute atomic E-state index is 6.03. The molecule has 2 saturated heterocycles. The molecule has 19 heavy (non-hydrogen) atoms. The van der Waals surface area contributed by atoms with Gasteiger partial charge < -0.3 is 15.5 Å². The van der Waals surface area contributed by atoms with E-state index in [1.807, 2.05) is 0 Å². The Morgan fingerprint density at radius 3 is 2.74 bits per heavy atom. The van der Waals surface area contributed by atoms with Crippen molar-refractivity contribution in [2.45, 2.75) is 52.0 Å². The van der Waals surface area contributed by atoms with Gasteiger partial charge in [0.15, 0.2) is 0 Å². The zero-order chi connectivity index (χ0) is 13.9. The van der Waals surface area contributed by atoms with Crippen LogP contribution >= 0.6 is 0 Å². The summed E-state index contributed by atoms with van der Waals surface area (Å²) in [6, 6.07) is 0.848. The zero-order valence-electron chi connectivity index (χ0n) is 13.2. The summed E-state index contributed by atoms with van der Waals surface area (Å²) in [7, 11) is 2.31. The highest BCUT2D eigenvalue weighted by Gasteiger charge is 2.36. The quantitative estimate of drug-likeness (QED) is 0.828. The first-order valence-corrected chi connectivity index (χ1v) is 8.20. The topological polar surface area (TPSA) is 32.5 Å². The number of fused-ring (bicyclic) bond motifs is 1.